The maximum absolute atomic E-state index is 12.3. The molecule has 1 aromatic carbocycles. The Morgan fingerprint density at radius 3 is 2.61 bits per heavy atom. The molecular weight excluding hydrogens is 374 g/mol. The Hall–Kier alpha value is -2.71. The number of rotatable bonds is 7. The summed E-state index contributed by atoms with van der Waals surface area (Å²) >= 11 is 1.62. The molecule has 0 radical (unpaired) electrons. The van der Waals surface area contributed by atoms with Crippen molar-refractivity contribution in [2.75, 3.05) is 19.0 Å². The van der Waals surface area contributed by atoms with Gasteiger partial charge in [0.2, 0.25) is 0 Å². The number of nitrogens with zero attached hydrogens (tertiary/aromatic N) is 3. The van der Waals surface area contributed by atoms with Gasteiger partial charge < -0.3 is 15.4 Å². The molecule has 2 heterocycles. The molecule has 0 unspecified atom stereocenters. The minimum Gasteiger partial charge on any atom is -0.383 e. The van der Waals surface area contributed by atoms with E-state index in [4.69, 9.17) is 4.74 Å². The molecule has 2 aromatic heterocycles. The van der Waals surface area contributed by atoms with E-state index < -0.39 is 0 Å². The number of benzene rings is 1. The van der Waals surface area contributed by atoms with Gasteiger partial charge >= 0.3 is 6.03 Å². The molecule has 0 spiro atoms. The molecule has 148 valence electrons. The van der Waals surface area contributed by atoms with Crippen molar-refractivity contribution in [1.29, 1.82) is 0 Å². The number of aryl methyl sites for hydroxylation is 2. The number of thiazole rings is 1. The van der Waals surface area contributed by atoms with Crippen molar-refractivity contribution in [2.45, 2.75) is 33.9 Å². The second-order valence-electron chi connectivity index (χ2n) is 6.50. The summed E-state index contributed by atoms with van der Waals surface area (Å²) in [5.74, 6) is 0. The maximum atomic E-state index is 12.3. The van der Waals surface area contributed by atoms with Gasteiger partial charge in [0, 0.05) is 41.5 Å². The molecule has 28 heavy (non-hydrogen) atoms. The van der Waals surface area contributed by atoms with Crippen molar-refractivity contribution in [3.63, 3.8) is 0 Å². The lowest BCUT2D eigenvalue weighted by molar-refractivity contribution is 0.182. The average molecular weight is 400 g/mol. The van der Waals surface area contributed by atoms with E-state index in [-0.39, 0.29) is 6.03 Å². The summed E-state index contributed by atoms with van der Waals surface area (Å²) in [6, 6.07) is 7.42. The van der Waals surface area contributed by atoms with Gasteiger partial charge in [-0.1, -0.05) is 12.1 Å². The predicted molar refractivity (Wildman–Crippen MR) is 112 cm³/mol. The fourth-order valence-electron chi connectivity index (χ4n) is 2.95. The number of carbonyl (C=O) groups excluding carboxylic acids is 1. The van der Waals surface area contributed by atoms with Crippen molar-refractivity contribution >= 4 is 23.1 Å². The van der Waals surface area contributed by atoms with Crippen LogP contribution < -0.4 is 10.6 Å². The van der Waals surface area contributed by atoms with Crippen molar-refractivity contribution in [3.8, 4) is 11.3 Å². The van der Waals surface area contributed by atoms with Crippen molar-refractivity contribution < 1.29 is 9.53 Å². The van der Waals surface area contributed by atoms with Gasteiger partial charge in [0.15, 0.2) is 0 Å². The van der Waals surface area contributed by atoms with Crippen LogP contribution in [0.1, 0.15) is 22.0 Å². The van der Waals surface area contributed by atoms with Crippen molar-refractivity contribution in [1.82, 2.24) is 20.1 Å². The third-order valence-electron chi connectivity index (χ3n) is 4.52. The second-order valence-corrected chi connectivity index (χ2v) is 7.56. The molecule has 0 saturated carbocycles. The van der Waals surface area contributed by atoms with E-state index in [0.29, 0.717) is 19.7 Å². The molecule has 0 aliphatic rings. The van der Waals surface area contributed by atoms with Crippen LogP contribution in [0.25, 0.3) is 11.3 Å². The number of ether oxygens (including phenoxy) is 1. The SMILES string of the molecule is COCCn1nc(C)c(CNC(=O)Nc2ccc(-c3csc(C)n3)cc2)c1C. The summed E-state index contributed by atoms with van der Waals surface area (Å²) in [6.45, 7) is 7.66. The molecular formula is C20H25N5O2S. The number of anilines is 1. The summed E-state index contributed by atoms with van der Waals surface area (Å²) in [5.41, 5.74) is 5.70. The van der Waals surface area contributed by atoms with Gasteiger partial charge in [-0.2, -0.15) is 5.10 Å². The summed E-state index contributed by atoms with van der Waals surface area (Å²) in [7, 11) is 1.67. The van der Waals surface area contributed by atoms with Crippen LogP contribution in [0.15, 0.2) is 29.6 Å². The first-order valence-electron chi connectivity index (χ1n) is 9.07. The molecule has 3 aromatic rings. The summed E-state index contributed by atoms with van der Waals surface area (Å²) in [6.07, 6.45) is 0. The highest BCUT2D eigenvalue weighted by atomic mass is 32.1. The van der Waals surface area contributed by atoms with Gasteiger partial charge in [0.1, 0.15) is 0 Å². The zero-order valence-electron chi connectivity index (χ0n) is 16.6. The topological polar surface area (TPSA) is 81.1 Å². The Bertz CT molecular complexity index is 946. The van der Waals surface area contributed by atoms with Gasteiger partial charge in [-0.05, 0) is 32.9 Å². The fraction of sp³-hybridized carbons (Fsp3) is 0.350. The first-order chi connectivity index (χ1) is 13.5. The number of amides is 2. The van der Waals surface area contributed by atoms with Gasteiger partial charge in [-0.25, -0.2) is 9.78 Å². The molecule has 0 fully saturated rings. The highest BCUT2D eigenvalue weighted by molar-refractivity contribution is 7.09. The Morgan fingerprint density at radius 1 is 1.21 bits per heavy atom. The Morgan fingerprint density at radius 2 is 1.96 bits per heavy atom. The smallest absolute Gasteiger partial charge is 0.319 e. The first kappa shape index (κ1) is 20.0. The highest BCUT2D eigenvalue weighted by Gasteiger charge is 2.12. The summed E-state index contributed by atoms with van der Waals surface area (Å²) in [4.78, 5) is 16.7. The van der Waals surface area contributed by atoms with Crippen LogP contribution in [0.5, 0.6) is 0 Å². The maximum Gasteiger partial charge on any atom is 0.319 e. The van der Waals surface area contributed by atoms with Crippen LogP contribution in [-0.2, 0) is 17.8 Å². The van der Waals surface area contributed by atoms with Crippen LogP contribution in [0.2, 0.25) is 0 Å². The van der Waals surface area contributed by atoms with E-state index >= 15 is 0 Å². The number of urea groups is 1. The van der Waals surface area contributed by atoms with Gasteiger partial charge in [-0.15, -0.1) is 11.3 Å². The number of carbonyl (C=O) groups is 1. The van der Waals surface area contributed by atoms with E-state index in [1.807, 2.05) is 55.1 Å². The first-order valence-corrected chi connectivity index (χ1v) is 9.95. The summed E-state index contributed by atoms with van der Waals surface area (Å²) in [5, 5.41) is 13.3. The van der Waals surface area contributed by atoms with E-state index in [1.54, 1.807) is 18.4 Å². The standard InChI is InChI=1S/C20H25N5O2S/c1-13-18(14(2)25(24-13)9-10-27-4)11-21-20(26)23-17-7-5-16(6-8-17)19-12-28-15(3)22-19/h5-8,12H,9-11H2,1-4H3,(H2,21,23,26). The largest absolute Gasteiger partial charge is 0.383 e. The van der Waals surface area contributed by atoms with Crippen molar-refractivity contribution in [2.24, 2.45) is 0 Å². The fourth-order valence-corrected chi connectivity index (χ4v) is 3.57. The van der Waals surface area contributed by atoms with E-state index in [1.165, 1.54) is 0 Å². The van der Waals surface area contributed by atoms with E-state index in [9.17, 15) is 4.79 Å². The van der Waals surface area contributed by atoms with Crippen LogP contribution in [0.4, 0.5) is 10.5 Å². The summed E-state index contributed by atoms with van der Waals surface area (Å²) < 4.78 is 7.02. The molecule has 7 nitrogen and oxygen atoms in total. The predicted octanol–water partition coefficient (Wildman–Crippen LogP) is 3.90. The average Bonchev–Trinajstić information content (AvgIpc) is 3.22. The lowest BCUT2D eigenvalue weighted by Crippen LogP contribution is -2.28. The number of methoxy groups -OCH3 is 1. The molecule has 0 aliphatic carbocycles. The molecule has 2 N–H and O–H groups in total. The number of aromatic nitrogens is 3. The molecule has 0 bridgehead atoms. The highest BCUT2D eigenvalue weighted by Crippen LogP contribution is 2.23. The monoisotopic (exact) mass is 399 g/mol. The van der Waals surface area contributed by atoms with Gasteiger partial charge in [-0.3, -0.25) is 4.68 Å². The lowest BCUT2D eigenvalue weighted by Gasteiger charge is -2.09. The van der Waals surface area contributed by atoms with E-state index in [0.717, 1.165) is 38.9 Å². The number of hydrogen-bond acceptors (Lipinski definition) is 5. The molecule has 8 heteroatoms. The quantitative estimate of drug-likeness (QED) is 0.631. The second kappa shape index (κ2) is 8.99. The minimum absolute atomic E-state index is 0.249. The Kier molecular flexibility index (Phi) is 6.43. The molecule has 3 rings (SSSR count). The normalized spacial score (nSPS) is 10.9. The minimum atomic E-state index is -0.249. The number of hydrogen-bond donors (Lipinski definition) is 2. The van der Waals surface area contributed by atoms with Crippen LogP contribution in [-0.4, -0.2) is 34.5 Å². The van der Waals surface area contributed by atoms with Crippen LogP contribution in [0.3, 0.4) is 0 Å². The van der Waals surface area contributed by atoms with Crippen LogP contribution in [0, 0.1) is 20.8 Å². The number of nitrogens with one attached hydrogen (secondary N) is 2. The Labute approximate surface area is 168 Å². The molecule has 0 aliphatic heterocycles. The third-order valence-corrected chi connectivity index (χ3v) is 5.30. The zero-order chi connectivity index (χ0) is 20.1. The van der Waals surface area contributed by atoms with Gasteiger partial charge in [0.25, 0.3) is 0 Å². The van der Waals surface area contributed by atoms with Gasteiger partial charge in [0.05, 0.1) is 29.5 Å². The van der Waals surface area contributed by atoms with Crippen molar-refractivity contribution in [3.05, 3.63) is 51.6 Å². The molecule has 2 amide bonds. The molecule has 0 atom stereocenters. The van der Waals surface area contributed by atoms with E-state index in [2.05, 4.69) is 20.7 Å². The Balaban J connectivity index is 1.57. The lowest BCUT2D eigenvalue weighted by atomic mass is 10.1. The molecule has 0 saturated heterocycles. The van der Waals surface area contributed by atoms with Crippen LogP contribution >= 0.6 is 11.3 Å². The third kappa shape index (κ3) is 4.76. The zero-order valence-corrected chi connectivity index (χ0v) is 17.4.